The lowest BCUT2D eigenvalue weighted by atomic mass is 9.85. The molecule has 7 N–H and O–H groups in total. The normalized spacial score (nSPS) is 28.6. The van der Waals surface area contributed by atoms with Crippen LogP contribution in [0.25, 0.3) is 22.3 Å². The minimum Gasteiger partial charge on any atom is -0.403 e. The maximum Gasteiger partial charge on any atom is 0.527 e. The number of benzene rings is 2. The molecule has 1 aliphatic carbocycles. The number of halogens is 2. The fourth-order valence-electron chi connectivity index (χ4n) is 3.63. The van der Waals surface area contributed by atoms with Gasteiger partial charge in [-0.3, -0.25) is 14.2 Å². The average Bonchev–Trinajstić information content (AvgIpc) is 2.80. The van der Waals surface area contributed by atoms with Gasteiger partial charge in [0.15, 0.2) is 0 Å². The van der Waals surface area contributed by atoms with Gasteiger partial charge in [0, 0.05) is 10.0 Å². The molecule has 4 rings (SSSR count). The van der Waals surface area contributed by atoms with Crippen LogP contribution in [-0.4, -0.2) is 77.0 Å². The Hall–Kier alpha value is -2.09. The molecule has 188 valence electrons. The van der Waals surface area contributed by atoms with Crippen LogP contribution in [0.15, 0.2) is 41.2 Å². The molecule has 1 saturated carbocycles. The SMILES string of the molecule is O=c1[nH]c(-c2cc(Cl)ccc2OP(=O)(O)O[C@@H]2[C@@H](O)[C@H](O)[C@@H](O)[C@H](O)[C@@H]2O)nc2ccc(Cl)cc12. The molecule has 12 nitrogen and oxygen atoms in total. The Kier molecular flexibility index (Phi) is 7.24. The largest absolute Gasteiger partial charge is 0.527 e. The van der Waals surface area contributed by atoms with E-state index in [0.29, 0.717) is 5.02 Å². The topological polar surface area (TPSA) is 203 Å². The molecule has 35 heavy (non-hydrogen) atoms. The summed E-state index contributed by atoms with van der Waals surface area (Å²) in [5.41, 5.74) is -0.307. The highest BCUT2D eigenvalue weighted by Crippen LogP contribution is 2.49. The summed E-state index contributed by atoms with van der Waals surface area (Å²) >= 11 is 12.0. The van der Waals surface area contributed by atoms with Crippen molar-refractivity contribution in [2.75, 3.05) is 0 Å². The molecular formula is C20H19Cl2N2O10P. The number of rotatable bonds is 5. The number of nitrogens with one attached hydrogen (secondary N) is 1. The number of phosphoric acid groups is 1. The molecule has 3 aromatic rings. The molecular weight excluding hydrogens is 530 g/mol. The van der Waals surface area contributed by atoms with Crippen LogP contribution in [0.3, 0.4) is 0 Å². The molecule has 7 atom stereocenters. The van der Waals surface area contributed by atoms with Crippen LogP contribution in [0, 0.1) is 0 Å². The number of aliphatic hydroxyl groups is 5. The van der Waals surface area contributed by atoms with Gasteiger partial charge < -0.3 is 35.0 Å². The Morgan fingerprint density at radius 2 is 1.46 bits per heavy atom. The molecule has 2 aromatic carbocycles. The van der Waals surface area contributed by atoms with Gasteiger partial charge in [-0.2, -0.15) is 0 Å². The second kappa shape index (κ2) is 9.75. The molecule has 1 heterocycles. The van der Waals surface area contributed by atoms with E-state index < -0.39 is 50.0 Å². The highest BCUT2D eigenvalue weighted by atomic mass is 35.5. The molecule has 1 fully saturated rings. The summed E-state index contributed by atoms with van der Waals surface area (Å²) < 4.78 is 22.7. The first kappa shape index (κ1) is 26.0. The van der Waals surface area contributed by atoms with Crippen LogP contribution in [0.2, 0.25) is 10.0 Å². The highest BCUT2D eigenvalue weighted by Gasteiger charge is 2.51. The van der Waals surface area contributed by atoms with Crippen molar-refractivity contribution >= 4 is 41.9 Å². The Balaban J connectivity index is 1.68. The van der Waals surface area contributed by atoms with Crippen molar-refractivity contribution in [3.8, 4) is 17.1 Å². The standard InChI is InChI=1S/C20H19Cl2N2O10P/c21-7-1-3-11-9(5-7)20(30)24-19(23-11)10-6-8(22)2-4-12(10)33-35(31,32)34-18-16(28)14(26)13(25)15(27)17(18)29/h1-6,13-18,25-29H,(H,31,32)(H,23,24,30)/t13-,14-,15+,16-,17-,18-/m0/s1. The van der Waals surface area contributed by atoms with Crippen LogP contribution >= 0.6 is 31.0 Å². The van der Waals surface area contributed by atoms with Crippen LogP contribution in [0.4, 0.5) is 0 Å². The number of fused-ring (bicyclic) bond motifs is 1. The molecule has 0 spiro atoms. The average molecular weight is 549 g/mol. The quantitative estimate of drug-likeness (QED) is 0.220. The van der Waals surface area contributed by atoms with Crippen LogP contribution in [0.1, 0.15) is 0 Å². The van der Waals surface area contributed by atoms with Crippen molar-refractivity contribution in [1.82, 2.24) is 9.97 Å². The monoisotopic (exact) mass is 548 g/mol. The third kappa shape index (κ3) is 5.23. The zero-order valence-electron chi connectivity index (χ0n) is 17.4. The van der Waals surface area contributed by atoms with Gasteiger partial charge in [0.1, 0.15) is 48.2 Å². The van der Waals surface area contributed by atoms with Crippen molar-refractivity contribution in [3.63, 3.8) is 0 Å². The van der Waals surface area contributed by atoms with Crippen LogP contribution in [-0.2, 0) is 9.09 Å². The lowest BCUT2D eigenvalue weighted by Gasteiger charge is -2.41. The number of hydrogen-bond acceptors (Lipinski definition) is 10. The fourth-order valence-corrected chi connectivity index (χ4v) is 4.98. The minimum absolute atomic E-state index is 0.00967. The van der Waals surface area contributed by atoms with Crippen LogP contribution in [0.5, 0.6) is 5.75 Å². The third-order valence-electron chi connectivity index (χ3n) is 5.41. The molecule has 1 aliphatic rings. The van der Waals surface area contributed by atoms with Gasteiger partial charge in [-0.15, -0.1) is 0 Å². The summed E-state index contributed by atoms with van der Waals surface area (Å²) in [5.74, 6) is -0.397. The number of nitrogens with zero attached hydrogens (tertiary/aromatic N) is 1. The second-order valence-electron chi connectivity index (χ2n) is 7.80. The number of hydrogen-bond donors (Lipinski definition) is 7. The van der Waals surface area contributed by atoms with Crippen molar-refractivity contribution in [3.05, 3.63) is 56.8 Å². The lowest BCUT2D eigenvalue weighted by molar-refractivity contribution is -0.219. The Labute approximate surface area is 206 Å². The van der Waals surface area contributed by atoms with E-state index >= 15 is 0 Å². The van der Waals surface area contributed by atoms with Crippen molar-refractivity contribution < 1.29 is 44.0 Å². The van der Waals surface area contributed by atoms with E-state index in [1.807, 2.05) is 0 Å². The van der Waals surface area contributed by atoms with Crippen molar-refractivity contribution in [2.45, 2.75) is 36.6 Å². The van der Waals surface area contributed by atoms with Gasteiger partial charge in [-0.05, 0) is 36.4 Å². The van der Waals surface area contributed by atoms with Gasteiger partial charge in [-0.1, -0.05) is 23.2 Å². The van der Waals surface area contributed by atoms with Gasteiger partial charge in [-0.25, -0.2) is 9.55 Å². The fraction of sp³-hybridized carbons (Fsp3) is 0.300. The summed E-state index contributed by atoms with van der Waals surface area (Å²) in [7, 11) is -5.16. The summed E-state index contributed by atoms with van der Waals surface area (Å²) in [6.45, 7) is 0. The predicted molar refractivity (Wildman–Crippen MR) is 123 cm³/mol. The number of phosphoric ester groups is 1. The number of aromatic nitrogens is 2. The lowest BCUT2D eigenvalue weighted by Crippen LogP contribution is -2.64. The Morgan fingerprint density at radius 1 is 0.886 bits per heavy atom. The highest BCUT2D eigenvalue weighted by molar-refractivity contribution is 7.47. The number of aliphatic hydroxyl groups excluding tert-OH is 5. The van der Waals surface area contributed by atoms with Crippen LogP contribution < -0.4 is 10.1 Å². The molecule has 0 radical (unpaired) electrons. The predicted octanol–water partition coefficient (Wildman–Crippen LogP) is 0.579. The van der Waals surface area contributed by atoms with Crippen molar-refractivity contribution in [2.24, 2.45) is 0 Å². The molecule has 1 aromatic heterocycles. The zero-order chi connectivity index (χ0) is 25.7. The summed E-state index contributed by atoms with van der Waals surface area (Å²) in [4.78, 5) is 29.7. The Morgan fingerprint density at radius 3 is 2.11 bits per heavy atom. The first-order valence-electron chi connectivity index (χ1n) is 9.98. The number of H-pyrrole nitrogens is 1. The van der Waals surface area contributed by atoms with E-state index in [9.17, 15) is 39.8 Å². The Bertz CT molecular complexity index is 1360. The van der Waals surface area contributed by atoms with E-state index in [0.717, 1.165) is 0 Å². The van der Waals surface area contributed by atoms with Gasteiger partial charge in [0.2, 0.25) is 0 Å². The summed E-state index contributed by atoms with van der Waals surface area (Å²) in [6, 6.07) is 8.23. The van der Waals surface area contributed by atoms with E-state index in [1.165, 1.54) is 36.4 Å². The maximum absolute atomic E-state index is 12.7. The van der Waals surface area contributed by atoms with Crippen molar-refractivity contribution in [1.29, 1.82) is 0 Å². The molecule has 0 aliphatic heterocycles. The number of aromatic amines is 1. The maximum atomic E-state index is 12.7. The molecule has 15 heteroatoms. The third-order valence-corrected chi connectivity index (χ3v) is 6.81. The zero-order valence-corrected chi connectivity index (χ0v) is 19.8. The van der Waals surface area contributed by atoms with Gasteiger partial charge >= 0.3 is 7.82 Å². The molecule has 0 amide bonds. The van der Waals surface area contributed by atoms with E-state index in [4.69, 9.17) is 32.2 Å². The van der Waals surface area contributed by atoms with Gasteiger partial charge in [0.25, 0.3) is 5.56 Å². The molecule has 0 saturated heterocycles. The van der Waals surface area contributed by atoms with E-state index in [-0.39, 0.29) is 33.1 Å². The molecule has 1 unspecified atom stereocenters. The summed E-state index contributed by atoms with van der Waals surface area (Å²) in [6.07, 6.45) is -12.0. The minimum atomic E-state index is -5.16. The smallest absolute Gasteiger partial charge is 0.403 e. The molecule has 0 bridgehead atoms. The van der Waals surface area contributed by atoms with E-state index in [1.54, 1.807) is 0 Å². The first-order chi connectivity index (χ1) is 16.4. The first-order valence-corrected chi connectivity index (χ1v) is 12.2. The van der Waals surface area contributed by atoms with Gasteiger partial charge in [0.05, 0.1) is 16.5 Å². The summed E-state index contributed by atoms with van der Waals surface area (Å²) in [5, 5.41) is 50.1. The van der Waals surface area contributed by atoms with E-state index in [2.05, 4.69) is 9.97 Å². The second-order valence-corrected chi connectivity index (χ2v) is 10.0.